The zero-order valence-corrected chi connectivity index (χ0v) is 19.4. The molecule has 0 aliphatic heterocycles. The molecule has 1 aliphatic carbocycles. The van der Waals surface area contributed by atoms with Crippen molar-refractivity contribution < 1.29 is 9.50 Å². The molecule has 1 aliphatic rings. The van der Waals surface area contributed by atoms with E-state index in [1.807, 2.05) is 30.3 Å². The molecule has 0 bridgehead atoms. The minimum Gasteiger partial charge on any atom is -0.394 e. The molecule has 2 aromatic carbocycles. The fourth-order valence-corrected chi connectivity index (χ4v) is 4.88. The molecule has 9 heteroatoms. The van der Waals surface area contributed by atoms with Gasteiger partial charge in [0.25, 0.3) is 0 Å². The first-order chi connectivity index (χ1) is 17.1. The zero-order valence-electron chi connectivity index (χ0n) is 19.4. The lowest BCUT2D eigenvalue weighted by Crippen LogP contribution is -2.31. The van der Waals surface area contributed by atoms with Gasteiger partial charge in [0.2, 0.25) is 0 Å². The van der Waals surface area contributed by atoms with E-state index in [9.17, 15) is 9.50 Å². The Kier molecular flexibility index (Phi) is 6.49. The highest BCUT2D eigenvalue weighted by Crippen LogP contribution is 2.30. The number of fused-ring (bicyclic) bond motifs is 1. The summed E-state index contributed by atoms with van der Waals surface area (Å²) >= 11 is 0. The van der Waals surface area contributed by atoms with E-state index < -0.39 is 5.82 Å². The molecule has 1 saturated carbocycles. The van der Waals surface area contributed by atoms with E-state index in [-0.39, 0.29) is 18.2 Å². The lowest BCUT2D eigenvalue weighted by molar-refractivity contribution is 0.271. The molecular formula is C26H28FN7O. The van der Waals surface area contributed by atoms with Gasteiger partial charge in [0, 0.05) is 29.6 Å². The second-order valence-corrected chi connectivity index (χ2v) is 9.14. The van der Waals surface area contributed by atoms with Gasteiger partial charge in [-0.25, -0.2) is 9.07 Å². The molecule has 1 unspecified atom stereocenters. The van der Waals surface area contributed by atoms with Crippen molar-refractivity contribution in [2.45, 2.75) is 38.3 Å². The number of aliphatic hydroxyl groups excluding tert-OH is 1. The van der Waals surface area contributed by atoms with E-state index in [0.29, 0.717) is 29.5 Å². The van der Waals surface area contributed by atoms with Gasteiger partial charge in [0.05, 0.1) is 41.8 Å². The second kappa shape index (κ2) is 9.86. The monoisotopic (exact) mass is 473 g/mol. The van der Waals surface area contributed by atoms with Gasteiger partial charge in [-0.3, -0.25) is 4.68 Å². The van der Waals surface area contributed by atoms with E-state index in [2.05, 4.69) is 10.4 Å². The van der Waals surface area contributed by atoms with E-state index in [1.165, 1.54) is 12.1 Å². The second-order valence-electron chi connectivity index (χ2n) is 9.14. The number of nitrogens with zero attached hydrogens (tertiary/aromatic N) is 5. The molecule has 0 saturated heterocycles. The summed E-state index contributed by atoms with van der Waals surface area (Å²) in [6.45, 7) is 1.20. The number of nitrogens with one attached hydrogen (secondary N) is 1. The fourth-order valence-electron chi connectivity index (χ4n) is 4.88. The maximum atomic E-state index is 14.5. The Balaban J connectivity index is 1.51. The van der Waals surface area contributed by atoms with Crippen LogP contribution in [0.1, 0.15) is 31.2 Å². The standard InChI is InChI=1S/C26H28FN7O/c27-23-12-18(4-5-19(23)14-28)25-13-26(30-15-17-2-1-3-21(29)10-17)32-34(25)22-6-7-24-20(11-22)16-31-33(24)8-9-35/h4-7,11-13,16-17,21,35H,1-3,8-10,15,29H2,(H,30,32)/t17?,21-/m1/s1. The molecular weight excluding hydrogens is 445 g/mol. The normalized spacial score (nSPS) is 18.0. The fraction of sp³-hybridized carbons (Fsp3) is 0.346. The van der Waals surface area contributed by atoms with E-state index >= 15 is 0 Å². The third-order valence-corrected chi connectivity index (χ3v) is 6.67. The number of rotatable bonds is 7. The molecule has 4 N–H and O–H groups in total. The minimum atomic E-state index is -0.566. The quantitative estimate of drug-likeness (QED) is 0.376. The van der Waals surface area contributed by atoms with Gasteiger partial charge >= 0.3 is 0 Å². The number of nitrogens with two attached hydrogens (primary N) is 1. The minimum absolute atomic E-state index is 0.00418. The summed E-state index contributed by atoms with van der Waals surface area (Å²) in [5, 5.41) is 31.9. The first kappa shape index (κ1) is 23.0. The van der Waals surface area contributed by atoms with Crippen molar-refractivity contribution in [3.8, 4) is 23.0 Å². The Morgan fingerprint density at radius 3 is 2.86 bits per heavy atom. The highest BCUT2D eigenvalue weighted by molar-refractivity contribution is 5.81. The summed E-state index contributed by atoms with van der Waals surface area (Å²) in [6, 6.07) is 14.5. The number of benzene rings is 2. The SMILES string of the molecule is N#Cc1ccc(-c2cc(NCC3CCC[C@@H](N)C3)nn2-c2ccc3c(cnn3CCO)c2)cc1F. The van der Waals surface area contributed by atoms with Crippen LogP contribution in [0.4, 0.5) is 10.2 Å². The number of anilines is 1. The van der Waals surface area contributed by atoms with Crippen molar-refractivity contribution in [3.63, 3.8) is 0 Å². The third-order valence-electron chi connectivity index (χ3n) is 6.67. The topological polar surface area (TPSA) is 118 Å². The Morgan fingerprint density at radius 2 is 2.09 bits per heavy atom. The van der Waals surface area contributed by atoms with Crippen LogP contribution in [0.5, 0.6) is 0 Å². The molecule has 180 valence electrons. The van der Waals surface area contributed by atoms with Gasteiger partial charge in [-0.2, -0.15) is 10.4 Å². The number of aromatic nitrogens is 4. The molecule has 2 heterocycles. The molecule has 4 aromatic rings. The third kappa shape index (κ3) is 4.76. The summed E-state index contributed by atoms with van der Waals surface area (Å²) in [4.78, 5) is 0. The highest BCUT2D eigenvalue weighted by Gasteiger charge is 2.20. The maximum absolute atomic E-state index is 14.5. The summed E-state index contributed by atoms with van der Waals surface area (Å²) in [7, 11) is 0. The van der Waals surface area contributed by atoms with E-state index in [4.69, 9.17) is 16.1 Å². The Labute approximate surface area is 202 Å². The maximum Gasteiger partial charge on any atom is 0.149 e. The van der Waals surface area contributed by atoms with Gasteiger partial charge in [-0.05, 0) is 55.5 Å². The van der Waals surface area contributed by atoms with Crippen molar-refractivity contribution in [1.82, 2.24) is 19.6 Å². The van der Waals surface area contributed by atoms with Crippen LogP contribution < -0.4 is 11.1 Å². The van der Waals surface area contributed by atoms with Gasteiger partial charge in [-0.1, -0.05) is 12.5 Å². The summed E-state index contributed by atoms with van der Waals surface area (Å²) in [5.41, 5.74) is 9.20. The van der Waals surface area contributed by atoms with E-state index in [0.717, 1.165) is 48.8 Å². The summed E-state index contributed by atoms with van der Waals surface area (Å²) < 4.78 is 18.0. The van der Waals surface area contributed by atoms with Crippen LogP contribution in [-0.2, 0) is 6.54 Å². The molecule has 35 heavy (non-hydrogen) atoms. The van der Waals surface area contributed by atoms with Crippen LogP contribution in [0.3, 0.4) is 0 Å². The predicted octanol–water partition coefficient (Wildman–Crippen LogP) is 3.82. The molecule has 2 aromatic heterocycles. The Bertz CT molecular complexity index is 1390. The van der Waals surface area contributed by atoms with Crippen LogP contribution in [0.25, 0.3) is 27.8 Å². The summed E-state index contributed by atoms with van der Waals surface area (Å²) in [5.74, 6) is 0.623. The lowest BCUT2D eigenvalue weighted by atomic mass is 9.86. The number of hydrogen-bond acceptors (Lipinski definition) is 6. The lowest BCUT2D eigenvalue weighted by Gasteiger charge is -2.26. The molecule has 5 rings (SSSR count). The van der Waals surface area contributed by atoms with Crippen molar-refractivity contribution in [2.24, 2.45) is 11.7 Å². The smallest absolute Gasteiger partial charge is 0.149 e. The van der Waals surface area contributed by atoms with Crippen molar-refractivity contribution in [3.05, 3.63) is 60.0 Å². The first-order valence-corrected chi connectivity index (χ1v) is 11.9. The van der Waals surface area contributed by atoms with Gasteiger partial charge in [0.15, 0.2) is 0 Å². The Morgan fingerprint density at radius 1 is 1.20 bits per heavy atom. The van der Waals surface area contributed by atoms with Gasteiger partial charge < -0.3 is 16.2 Å². The van der Waals surface area contributed by atoms with Crippen LogP contribution >= 0.6 is 0 Å². The number of hydrogen-bond donors (Lipinski definition) is 3. The number of aliphatic hydroxyl groups is 1. The average Bonchev–Trinajstić information content (AvgIpc) is 3.47. The van der Waals surface area contributed by atoms with Crippen molar-refractivity contribution >= 4 is 16.7 Å². The van der Waals surface area contributed by atoms with Crippen LogP contribution in [-0.4, -0.2) is 43.9 Å². The molecule has 8 nitrogen and oxygen atoms in total. The van der Waals surface area contributed by atoms with Crippen molar-refractivity contribution in [1.29, 1.82) is 5.26 Å². The van der Waals surface area contributed by atoms with Crippen molar-refractivity contribution in [2.75, 3.05) is 18.5 Å². The van der Waals surface area contributed by atoms with Crippen LogP contribution in [0.15, 0.2) is 48.7 Å². The Hall–Kier alpha value is -3.74. The largest absolute Gasteiger partial charge is 0.394 e. The van der Waals surface area contributed by atoms with Gasteiger partial charge in [0.1, 0.15) is 17.7 Å². The molecule has 0 spiro atoms. The number of halogens is 1. The molecule has 0 amide bonds. The van der Waals surface area contributed by atoms with E-state index in [1.54, 1.807) is 21.6 Å². The average molecular weight is 474 g/mol. The first-order valence-electron chi connectivity index (χ1n) is 11.9. The summed E-state index contributed by atoms with van der Waals surface area (Å²) in [6.07, 6.45) is 6.11. The number of nitriles is 1. The van der Waals surface area contributed by atoms with Gasteiger partial charge in [-0.15, -0.1) is 5.10 Å². The predicted molar refractivity (Wildman–Crippen MR) is 132 cm³/mol. The van der Waals surface area contributed by atoms with Crippen LogP contribution in [0.2, 0.25) is 0 Å². The molecule has 0 radical (unpaired) electrons. The molecule has 1 fully saturated rings. The molecule has 2 atom stereocenters. The highest BCUT2D eigenvalue weighted by atomic mass is 19.1. The zero-order chi connectivity index (χ0) is 24.4. The van der Waals surface area contributed by atoms with Crippen LogP contribution in [0, 0.1) is 23.1 Å².